The number of hydrogen-bond donors (Lipinski definition) is 1. The lowest BCUT2D eigenvalue weighted by atomic mass is 10.2. The van der Waals surface area contributed by atoms with E-state index >= 15 is 0 Å². The van der Waals surface area contributed by atoms with Gasteiger partial charge in [0.2, 0.25) is 5.91 Å². The van der Waals surface area contributed by atoms with Gasteiger partial charge in [0.1, 0.15) is 13.1 Å². The standard InChI is InChI=1S/C13H12N4O3/c1-16-8-12(19)17(13(16)20)7-11(18)15-10-4-2-9(6-14)3-5-10/h2-5H,7-8H2,1H3,(H,15,18). The SMILES string of the molecule is CN1CC(=O)N(CC(=O)Nc2ccc(C#N)cc2)C1=O. The zero-order valence-electron chi connectivity index (χ0n) is 10.8. The molecule has 7 nitrogen and oxygen atoms in total. The highest BCUT2D eigenvalue weighted by Gasteiger charge is 2.34. The number of nitrogens with zero attached hydrogens (tertiary/aromatic N) is 3. The zero-order chi connectivity index (χ0) is 14.7. The van der Waals surface area contributed by atoms with E-state index in [1.165, 1.54) is 11.9 Å². The Bertz CT molecular complexity index is 603. The second kappa shape index (κ2) is 5.40. The first-order valence-electron chi connectivity index (χ1n) is 5.86. The van der Waals surface area contributed by atoms with Crippen molar-refractivity contribution in [2.45, 2.75) is 0 Å². The fourth-order valence-electron chi connectivity index (χ4n) is 1.80. The van der Waals surface area contributed by atoms with Gasteiger partial charge < -0.3 is 10.2 Å². The van der Waals surface area contributed by atoms with E-state index in [9.17, 15) is 14.4 Å². The summed E-state index contributed by atoms with van der Waals surface area (Å²) in [5.74, 6) is -0.862. The van der Waals surface area contributed by atoms with Gasteiger partial charge in [-0.05, 0) is 24.3 Å². The molecule has 1 aliphatic rings. The molecule has 102 valence electrons. The van der Waals surface area contributed by atoms with Crippen molar-refractivity contribution in [2.24, 2.45) is 0 Å². The maximum absolute atomic E-state index is 11.8. The minimum atomic E-state index is -0.482. The lowest BCUT2D eigenvalue weighted by Gasteiger charge is -2.13. The minimum absolute atomic E-state index is 0.0109. The molecule has 1 fully saturated rings. The van der Waals surface area contributed by atoms with Crippen LogP contribution in [0.2, 0.25) is 0 Å². The second-order valence-electron chi connectivity index (χ2n) is 4.36. The third-order valence-electron chi connectivity index (χ3n) is 2.83. The number of rotatable bonds is 3. The lowest BCUT2D eigenvalue weighted by molar-refractivity contribution is -0.129. The Labute approximate surface area is 115 Å². The van der Waals surface area contributed by atoms with Crippen molar-refractivity contribution in [1.82, 2.24) is 9.80 Å². The molecule has 1 aromatic carbocycles. The van der Waals surface area contributed by atoms with Gasteiger partial charge in [-0.1, -0.05) is 0 Å². The molecule has 0 saturated carbocycles. The van der Waals surface area contributed by atoms with Crippen molar-refractivity contribution in [3.05, 3.63) is 29.8 Å². The van der Waals surface area contributed by atoms with Crippen LogP contribution in [0.15, 0.2) is 24.3 Å². The fourth-order valence-corrected chi connectivity index (χ4v) is 1.80. The van der Waals surface area contributed by atoms with E-state index in [1.54, 1.807) is 24.3 Å². The molecule has 2 rings (SSSR count). The van der Waals surface area contributed by atoms with Gasteiger partial charge in [0.25, 0.3) is 5.91 Å². The van der Waals surface area contributed by atoms with E-state index in [2.05, 4.69) is 5.32 Å². The molecular weight excluding hydrogens is 260 g/mol. The Hall–Kier alpha value is -2.88. The van der Waals surface area contributed by atoms with Crippen LogP contribution < -0.4 is 5.32 Å². The summed E-state index contributed by atoms with van der Waals surface area (Å²) in [5.41, 5.74) is 0.982. The number of likely N-dealkylation sites (N-methyl/N-ethyl adjacent to an activating group) is 1. The van der Waals surface area contributed by atoms with Crippen LogP contribution in [-0.4, -0.2) is 47.8 Å². The van der Waals surface area contributed by atoms with Crippen LogP contribution in [-0.2, 0) is 9.59 Å². The number of amides is 4. The molecule has 0 aliphatic carbocycles. The first-order chi connectivity index (χ1) is 9.51. The third kappa shape index (κ3) is 2.75. The molecule has 0 atom stereocenters. The van der Waals surface area contributed by atoms with Crippen LogP contribution in [0.1, 0.15) is 5.56 Å². The number of nitrogens with one attached hydrogen (secondary N) is 1. The predicted octanol–water partition coefficient (Wildman–Crippen LogP) is 0.391. The largest absolute Gasteiger partial charge is 0.327 e. The van der Waals surface area contributed by atoms with Crippen LogP contribution >= 0.6 is 0 Å². The molecule has 4 amide bonds. The maximum Gasteiger partial charge on any atom is 0.327 e. The van der Waals surface area contributed by atoms with Gasteiger partial charge in [-0.3, -0.25) is 14.5 Å². The molecule has 0 aromatic heterocycles. The molecule has 0 unspecified atom stereocenters. The summed E-state index contributed by atoms with van der Waals surface area (Å²) < 4.78 is 0. The molecule has 1 N–H and O–H groups in total. The van der Waals surface area contributed by atoms with E-state index in [0.717, 1.165) is 4.90 Å². The summed E-state index contributed by atoms with van der Waals surface area (Å²) in [5, 5.41) is 11.2. The second-order valence-corrected chi connectivity index (χ2v) is 4.36. The normalized spacial score (nSPS) is 14.4. The minimum Gasteiger partial charge on any atom is -0.325 e. The van der Waals surface area contributed by atoms with E-state index < -0.39 is 17.8 Å². The molecule has 0 spiro atoms. The molecule has 1 aliphatic heterocycles. The molecule has 1 saturated heterocycles. The van der Waals surface area contributed by atoms with Gasteiger partial charge in [-0.25, -0.2) is 4.79 Å². The number of imide groups is 1. The van der Waals surface area contributed by atoms with E-state index in [0.29, 0.717) is 11.3 Å². The Morgan fingerprint density at radius 1 is 1.35 bits per heavy atom. The van der Waals surface area contributed by atoms with Crippen LogP contribution in [0.4, 0.5) is 10.5 Å². The van der Waals surface area contributed by atoms with Crippen LogP contribution in [0.3, 0.4) is 0 Å². The average Bonchev–Trinajstić information content (AvgIpc) is 2.66. The smallest absolute Gasteiger partial charge is 0.325 e. The summed E-state index contributed by atoms with van der Waals surface area (Å²) in [4.78, 5) is 37.0. The average molecular weight is 272 g/mol. The van der Waals surface area contributed by atoms with Crippen molar-refractivity contribution in [2.75, 3.05) is 25.5 Å². The van der Waals surface area contributed by atoms with Crippen molar-refractivity contribution in [3.63, 3.8) is 0 Å². The first kappa shape index (κ1) is 13.5. The van der Waals surface area contributed by atoms with E-state index in [4.69, 9.17) is 5.26 Å². The van der Waals surface area contributed by atoms with Crippen molar-refractivity contribution in [1.29, 1.82) is 5.26 Å². The number of carbonyl (C=O) groups is 3. The monoisotopic (exact) mass is 272 g/mol. The summed E-state index contributed by atoms with van der Waals surface area (Å²) >= 11 is 0. The summed E-state index contributed by atoms with van der Waals surface area (Å²) in [7, 11) is 1.50. The summed E-state index contributed by atoms with van der Waals surface area (Å²) in [6.07, 6.45) is 0. The Kier molecular flexibility index (Phi) is 3.66. The van der Waals surface area contributed by atoms with Gasteiger partial charge >= 0.3 is 6.03 Å². The number of hydrogen-bond acceptors (Lipinski definition) is 4. The Balaban J connectivity index is 1.97. The first-order valence-corrected chi connectivity index (χ1v) is 5.86. The quantitative estimate of drug-likeness (QED) is 0.805. The molecular formula is C13H12N4O3. The fraction of sp³-hybridized carbons (Fsp3) is 0.231. The number of carbonyl (C=O) groups excluding carboxylic acids is 3. The number of nitriles is 1. The highest BCUT2D eigenvalue weighted by molar-refractivity contribution is 6.06. The summed E-state index contributed by atoms with van der Waals surface area (Å²) in [6, 6.07) is 7.77. The van der Waals surface area contributed by atoms with Crippen molar-refractivity contribution >= 4 is 23.5 Å². The van der Waals surface area contributed by atoms with Gasteiger partial charge in [-0.2, -0.15) is 5.26 Å². The van der Waals surface area contributed by atoms with Crippen LogP contribution in [0, 0.1) is 11.3 Å². The van der Waals surface area contributed by atoms with E-state index in [1.807, 2.05) is 6.07 Å². The third-order valence-corrected chi connectivity index (χ3v) is 2.83. The van der Waals surface area contributed by atoms with E-state index in [-0.39, 0.29) is 13.1 Å². The van der Waals surface area contributed by atoms with Crippen LogP contribution in [0.5, 0.6) is 0 Å². The molecule has 1 aromatic rings. The zero-order valence-corrected chi connectivity index (χ0v) is 10.8. The lowest BCUT2D eigenvalue weighted by Crippen LogP contribution is -2.38. The number of benzene rings is 1. The molecule has 0 radical (unpaired) electrons. The number of urea groups is 1. The summed E-state index contributed by atoms with van der Waals surface area (Å²) in [6.45, 7) is -0.328. The number of anilines is 1. The maximum atomic E-state index is 11.8. The Morgan fingerprint density at radius 3 is 2.50 bits per heavy atom. The molecule has 0 bridgehead atoms. The molecule has 7 heteroatoms. The van der Waals surface area contributed by atoms with Crippen molar-refractivity contribution in [3.8, 4) is 6.07 Å². The van der Waals surface area contributed by atoms with Crippen molar-refractivity contribution < 1.29 is 14.4 Å². The molecule has 1 heterocycles. The highest BCUT2D eigenvalue weighted by Crippen LogP contribution is 2.11. The van der Waals surface area contributed by atoms with Gasteiger partial charge in [-0.15, -0.1) is 0 Å². The molecule has 20 heavy (non-hydrogen) atoms. The van der Waals surface area contributed by atoms with Gasteiger partial charge in [0, 0.05) is 12.7 Å². The predicted molar refractivity (Wildman–Crippen MR) is 69.5 cm³/mol. The Morgan fingerprint density at radius 2 is 2.00 bits per heavy atom. The van der Waals surface area contributed by atoms with Gasteiger partial charge in [0.05, 0.1) is 11.6 Å². The van der Waals surface area contributed by atoms with Gasteiger partial charge in [0.15, 0.2) is 0 Å². The topological polar surface area (TPSA) is 93.5 Å². The van der Waals surface area contributed by atoms with Crippen LogP contribution in [0.25, 0.3) is 0 Å². The highest BCUT2D eigenvalue weighted by atomic mass is 16.2.